The minimum absolute atomic E-state index is 0.284. The van der Waals surface area contributed by atoms with E-state index in [1.165, 1.54) is 18.4 Å². The molecular formula is C18H25ClN2O. The first-order chi connectivity index (χ1) is 10.7. The minimum atomic E-state index is 0.284. The van der Waals surface area contributed by atoms with Crippen LogP contribution in [0.25, 0.3) is 0 Å². The van der Waals surface area contributed by atoms with Crippen molar-refractivity contribution in [3.8, 4) is 0 Å². The van der Waals surface area contributed by atoms with Crippen molar-refractivity contribution >= 4 is 17.5 Å². The van der Waals surface area contributed by atoms with Gasteiger partial charge in [0.25, 0.3) is 0 Å². The molecule has 2 aliphatic rings. The monoisotopic (exact) mass is 320 g/mol. The minimum Gasteiger partial charge on any atom is -0.353 e. The molecule has 120 valence electrons. The molecule has 0 bridgehead atoms. The Balaban J connectivity index is 1.42. The third-order valence-electron chi connectivity index (χ3n) is 4.98. The first-order valence-corrected chi connectivity index (χ1v) is 8.86. The van der Waals surface area contributed by atoms with Crippen LogP contribution < -0.4 is 5.32 Å². The van der Waals surface area contributed by atoms with E-state index in [-0.39, 0.29) is 5.92 Å². The fourth-order valence-electron chi connectivity index (χ4n) is 3.59. The van der Waals surface area contributed by atoms with Crippen LogP contribution in [0.15, 0.2) is 24.3 Å². The molecule has 2 fully saturated rings. The summed E-state index contributed by atoms with van der Waals surface area (Å²) in [7, 11) is 0. The molecule has 1 N–H and O–H groups in total. The van der Waals surface area contributed by atoms with E-state index >= 15 is 0 Å². The number of rotatable bonds is 4. The van der Waals surface area contributed by atoms with Crippen molar-refractivity contribution < 1.29 is 4.79 Å². The second-order valence-corrected chi connectivity index (χ2v) is 7.10. The Bertz CT molecular complexity index is 488. The average molecular weight is 321 g/mol. The van der Waals surface area contributed by atoms with E-state index in [1.807, 2.05) is 12.1 Å². The Labute approximate surface area is 138 Å². The maximum atomic E-state index is 12.2. The largest absolute Gasteiger partial charge is 0.353 e. The fraction of sp³-hybridized carbons (Fsp3) is 0.611. The first-order valence-electron chi connectivity index (χ1n) is 8.48. The number of benzene rings is 1. The summed E-state index contributed by atoms with van der Waals surface area (Å²) in [6.45, 7) is 3.08. The predicted molar refractivity (Wildman–Crippen MR) is 89.9 cm³/mol. The summed E-state index contributed by atoms with van der Waals surface area (Å²) in [5, 5.41) is 4.06. The number of carbonyl (C=O) groups excluding carboxylic acids is 1. The lowest BCUT2D eigenvalue weighted by atomic mass is 10.0. The van der Waals surface area contributed by atoms with Gasteiger partial charge in [-0.1, -0.05) is 36.6 Å². The van der Waals surface area contributed by atoms with Crippen LogP contribution >= 0.6 is 11.6 Å². The molecule has 4 heteroatoms. The van der Waals surface area contributed by atoms with Gasteiger partial charge in [0.05, 0.1) is 0 Å². The van der Waals surface area contributed by atoms with Crippen LogP contribution in [0.2, 0.25) is 5.02 Å². The molecule has 0 atom stereocenters. The molecule has 0 spiro atoms. The van der Waals surface area contributed by atoms with Gasteiger partial charge < -0.3 is 5.32 Å². The van der Waals surface area contributed by atoms with Gasteiger partial charge in [0.2, 0.25) is 5.91 Å². The van der Waals surface area contributed by atoms with E-state index in [0.717, 1.165) is 50.3 Å². The number of nitrogens with zero attached hydrogens (tertiary/aromatic N) is 1. The smallest absolute Gasteiger partial charge is 0.223 e. The molecule has 1 saturated heterocycles. The number of piperidine rings is 1. The molecular weight excluding hydrogens is 296 g/mol. The van der Waals surface area contributed by atoms with Crippen LogP contribution in [0.1, 0.15) is 44.1 Å². The summed E-state index contributed by atoms with van der Waals surface area (Å²) in [5.74, 6) is 0.584. The van der Waals surface area contributed by atoms with E-state index in [2.05, 4.69) is 22.3 Å². The second-order valence-electron chi connectivity index (χ2n) is 6.67. The first kappa shape index (κ1) is 15.8. The SMILES string of the molecule is O=C(NC1CCN(Cc2ccc(Cl)cc2)CC1)C1CCCC1. The molecule has 1 saturated carbocycles. The zero-order chi connectivity index (χ0) is 15.4. The summed E-state index contributed by atoms with van der Waals surface area (Å²) in [4.78, 5) is 14.6. The number of nitrogens with one attached hydrogen (secondary N) is 1. The molecule has 0 unspecified atom stereocenters. The topological polar surface area (TPSA) is 32.3 Å². The molecule has 1 amide bonds. The Morgan fingerprint density at radius 1 is 1.09 bits per heavy atom. The van der Waals surface area contributed by atoms with Crippen LogP contribution in [-0.4, -0.2) is 29.9 Å². The molecule has 1 heterocycles. The van der Waals surface area contributed by atoms with Crippen molar-refractivity contribution in [3.05, 3.63) is 34.9 Å². The molecule has 0 aromatic heterocycles. The quantitative estimate of drug-likeness (QED) is 0.919. The Morgan fingerprint density at radius 2 is 1.73 bits per heavy atom. The summed E-state index contributed by atoms with van der Waals surface area (Å²) >= 11 is 5.92. The highest BCUT2D eigenvalue weighted by molar-refractivity contribution is 6.30. The van der Waals surface area contributed by atoms with Gasteiger partial charge >= 0.3 is 0 Å². The molecule has 22 heavy (non-hydrogen) atoms. The molecule has 0 radical (unpaired) electrons. The van der Waals surface area contributed by atoms with E-state index in [1.54, 1.807) is 0 Å². The number of halogens is 1. The number of likely N-dealkylation sites (tertiary alicyclic amines) is 1. The van der Waals surface area contributed by atoms with Gasteiger partial charge in [0.1, 0.15) is 0 Å². The van der Waals surface area contributed by atoms with Crippen LogP contribution in [-0.2, 0) is 11.3 Å². The van der Waals surface area contributed by atoms with Crippen molar-refractivity contribution in [3.63, 3.8) is 0 Å². The van der Waals surface area contributed by atoms with Gasteiger partial charge in [-0.15, -0.1) is 0 Å². The normalized spacial score (nSPS) is 21.1. The maximum absolute atomic E-state index is 12.2. The number of amides is 1. The van der Waals surface area contributed by atoms with Crippen LogP contribution in [0.3, 0.4) is 0 Å². The number of hydrogen-bond donors (Lipinski definition) is 1. The van der Waals surface area contributed by atoms with E-state index < -0.39 is 0 Å². The predicted octanol–water partition coefficient (Wildman–Crippen LogP) is 3.61. The van der Waals surface area contributed by atoms with E-state index in [0.29, 0.717) is 11.9 Å². The Hall–Kier alpha value is -1.06. The molecule has 1 aromatic rings. The summed E-state index contributed by atoms with van der Waals surface area (Å²) in [6.07, 6.45) is 6.73. The van der Waals surface area contributed by atoms with Crippen LogP contribution in [0.5, 0.6) is 0 Å². The second kappa shape index (κ2) is 7.47. The fourth-order valence-corrected chi connectivity index (χ4v) is 3.72. The standard InChI is InChI=1S/C18H25ClN2O/c19-16-7-5-14(6-8-16)13-21-11-9-17(10-12-21)20-18(22)15-3-1-2-4-15/h5-8,15,17H,1-4,9-13H2,(H,20,22). The Morgan fingerprint density at radius 3 is 2.36 bits per heavy atom. The Kier molecular flexibility index (Phi) is 5.37. The summed E-state index contributed by atoms with van der Waals surface area (Å²) in [5.41, 5.74) is 1.30. The molecule has 3 rings (SSSR count). The summed E-state index contributed by atoms with van der Waals surface area (Å²) < 4.78 is 0. The summed E-state index contributed by atoms with van der Waals surface area (Å²) in [6, 6.07) is 8.46. The maximum Gasteiger partial charge on any atom is 0.223 e. The van der Waals surface area contributed by atoms with Gasteiger partial charge in [-0.25, -0.2) is 0 Å². The lowest BCUT2D eigenvalue weighted by molar-refractivity contribution is -0.125. The van der Waals surface area contributed by atoms with Gasteiger partial charge in [-0.05, 0) is 43.4 Å². The van der Waals surface area contributed by atoms with Crippen LogP contribution in [0, 0.1) is 5.92 Å². The molecule has 1 aliphatic heterocycles. The number of carbonyl (C=O) groups is 1. The molecule has 1 aliphatic carbocycles. The van der Waals surface area contributed by atoms with Gasteiger partial charge in [0.15, 0.2) is 0 Å². The highest BCUT2D eigenvalue weighted by Crippen LogP contribution is 2.25. The third kappa shape index (κ3) is 4.23. The zero-order valence-corrected chi connectivity index (χ0v) is 13.8. The average Bonchev–Trinajstić information content (AvgIpc) is 3.06. The van der Waals surface area contributed by atoms with E-state index in [4.69, 9.17) is 11.6 Å². The van der Waals surface area contributed by atoms with Gasteiger partial charge in [-0.2, -0.15) is 0 Å². The third-order valence-corrected chi connectivity index (χ3v) is 5.23. The zero-order valence-electron chi connectivity index (χ0n) is 13.1. The molecule has 1 aromatic carbocycles. The van der Waals surface area contributed by atoms with Gasteiger partial charge in [-0.3, -0.25) is 9.69 Å². The van der Waals surface area contributed by atoms with Crippen molar-refractivity contribution in [2.24, 2.45) is 5.92 Å². The van der Waals surface area contributed by atoms with Crippen molar-refractivity contribution in [1.29, 1.82) is 0 Å². The number of hydrogen-bond acceptors (Lipinski definition) is 2. The van der Waals surface area contributed by atoms with Crippen molar-refractivity contribution in [2.45, 2.75) is 51.1 Å². The van der Waals surface area contributed by atoms with Crippen LogP contribution in [0.4, 0.5) is 0 Å². The van der Waals surface area contributed by atoms with Crippen molar-refractivity contribution in [2.75, 3.05) is 13.1 Å². The van der Waals surface area contributed by atoms with Crippen molar-refractivity contribution in [1.82, 2.24) is 10.2 Å². The highest BCUT2D eigenvalue weighted by Gasteiger charge is 2.26. The lowest BCUT2D eigenvalue weighted by Gasteiger charge is -2.32. The highest BCUT2D eigenvalue weighted by atomic mass is 35.5. The molecule has 3 nitrogen and oxygen atoms in total. The van der Waals surface area contributed by atoms with E-state index in [9.17, 15) is 4.79 Å². The lowest BCUT2D eigenvalue weighted by Crippen LogP contribution is -2.45. The van der Waals surface area contributed by atoms with Gasteiger partial charge in [0, 0.05) is 36.6 Å².